The Hall–Kier alpha value is -1.90. The highest BCUT2D eigenvalue weighted by atomic mass is 79.9. The molecule has 1 heterocycles. The molecule has 0 aliphatic heterocycles. The molecular formula is C26H35Br2N5O. The van der Waals surface area contributed by atoms with Crippen LogP contribution in [-0.2, 0) is 6.54 Å². The van der Waals surface area contributed by atoms with Gasteiger partial charge in [0.25, 0.3) is 0 Å². The lowest BCUT2D eigenvalue weighted by molar-refractivity contribution is 0.333. The maximum Gasteiger partial charge on any atom is 0.225 e. The third kappa shape index (κ3) is 7.30. The zero-order chi connectivity index (χ0) is 24.5. The number of benzene rings is 2. The molecule has 8 heteroatoms. The van der Waals surface area contributed by atoms with Crippen LogP contribution in [0.4, 0.5) is 11.8 Å². The second-order valence-corrected chi connectivity index (χ2v) is 10.4. The van der Waals surface area contributed by atoms with Crippen LogP contribution in [0.3, 0.4) is 0 Å². The van der Waals surface area contributed by atoms with Crippen LogP contribution in [0.5, 0.6) is 5.75 Å². The van der Waals surface area contributed by atoms with Crippen LogP contribution >= 0.6 is 31.9 Å². The van der Waals surface area contributed by atoms with Crippen LogP contribution in [-0.4, -0.2) is 43.8 Å². The summed E-state index contributed by atoms with van der Waals surface area (Å²) in [6.07, 6.45) is 6.44. The highest BCUT2D eigenvalue weighted by Gasteiger charge is 2.16. The van der Waals surface area contributed by atoms with E-state index < -0.39 is 0 Å². The van der Waals surface area contributed by atoms with Crippen LogP contribution in [0, 0.1) is 0 Å². The van der Waals surface area contributed by atoms with Crippen molar-refractivity contribution in [3.8, 4) is 5.75 Å². The summed E-state index contributed by atoms with van der Waals surface area (Å²) in [4.78, 5) is 11.4. The monoisotopic (exact) mass is 591 g/mol. The van der Waals surface area contributed by atoms with E-state index in [0.717, 1.165) is 49.5 Å². The molecular weight excluding hydrogens is 558 g/mol. The molecule has 0 unspecified atom stereocenters. The minimum absolute atomic E-state index is 0.528. The average molecular weight is 593 g/mol. The molecule has 3 aromatic rings. The van der Waals surface area contributed by atoms with Crippen LogP contribution in [0.25, 0.3) is 10.9 Å². The fraction of sp³-hybridized carbons (Fsp3) is 0.462. The molecule has 1 fully saturated rings. The number of rotatable bonds is 7. The number of para-hydroxylation sites is 1. The number of hydrogen-bond acceptors (Lipinski definition) is 6. The van der Waals surface area contributed by atoms with Gasteiger partial charge in [0.05, 0.1) is 16.6 Å². The molecule has 0 spiro atoms. The topological polar surface area (TPSA) is 62.3 Å². The van der Waals surface area contributed by atoms with E-state index in [1.807, 2.05) is 46.3 Å². The maximum absolute atomic E-state index is 5.57. The van der Waals surface area contributed by atoms with Crippen molar-refractivity contribution in [2.24, 2.45) is 0 Å². The molecule has 1 aliphatic rings. The van der Waals surface area contributed by atoms with Gasteiger partial charge in [-0.1, -0.05) is 47.3 Å². The molecule has 2 N–H and O–H groups in total. The molecule has 34 heavy (non-hydrogen) atoms. The van der Waals surface area contributed by atoms with Gasteiger partial charge >= 0.3 is 0 Å². The molecule has 184 valence electrons. The van der Waals surface area contributed by atoms with E-state index in [-0.39, 0.29) is 0 Å². The van der Waals surface area contributed by atoms with E-state index in [1.54, 1.807) is 0 Å². The first-order valence-electron chi connectivity index (χ1n) is 11.9. The Morgan fingerprint density at radius 1 is 1.06 bits per heavy atom. The molecule has 2 aromatic carbocycles. The van der Waals surface area contributed by atoms with E-state index in [1.165, 1.54) is 32.1 Å². The van der Waals surface area contributed by atoms with Gasteiger partial charge in [0, 0.05) is 42.1 Å². The Morgan fingerprint density at radius 2 is 1.79 bits per heavy atom. The summed E-state index contributed by atoms with van der Waals surface area (Å²) in [7, 11) is 5.98. The van der Waals surface area contributed by atoms with E-state index in [9.17, 15) is 0 Å². The third-order valence-corrected chi connectivity index (χ3v) is 6.73. The van der Waals surface area contributed by atoms with Gasteiger partial charge in [-0.05, 0) is 67.0 Å². The van der Waals surface area contributed by atoms with Gasteiger partial charge in [0.1, 0.15) is 11.6 Å². The Labute approximate surface area is 220 Å². The lowest BCUT2D eigenvalue weighted by Crippen LogP contribution is -2.24. The minimum atomic E-state index is 0.528. The molecule has 1 aliphatic carbocycles. The van der Waals surface area contributed by atoms with Crippen molar-refractivity contribution in [3.05, 3.63) is 50.9 Å². The summed E-state index contributed by atoms with van der Waals surface area (Å²) in [5, 5.41) is 7.74. The first kappa shape index (κ1) is 26.7. The van der Waals surface area contributed by atoms with Crippen LogP contribution in [0.15, 0.2) is 45.3 Å². The lowest BCUT2D eigenvalue weighted by Gasteiger charge is -2.23. The van der Waals surface area contributed by atoms with E-state index in [2.05, 4.69) is 70.6 Å². The smallest absolute Gasteiger partial charge is 0.225 e. The maximum atomic E-state index is 5.57. The molecule has 0 amide bonds. The van der Waals surface area contributed by atoms with Gasteiger partial charge in [-0.25, -0.2) is 4.98 Å². The fourth-order valence-corrected chi connectivity index (χ4v) is 5.56. The van der Waals surface area contributed by atoms with Crippen molar-refractivity contribution >= 4 is 54.5 Å². The summed E-state index contributed by atoms with van der Waals surface area (Å²) in [6, 6.07) is 12.8. The predicted octanol–water partition coefficient (Wildman–Crippen LogP) is 6.77. The first-order chi connectivity index (χ1) is 16.4. The highest BCUT2D eigenvalue weighted by molar-refractivity contribution is 9.11. The van der Waals surface area contributed by atoms with Crippen molar-refractivity contribution in [1.29, 1.82) is 0 Å². The molecule has 6 nitrogen and oxygen atoms in total. The van der Waals surface area contributed by atoms with Crippen LogP contribution < -0.4 is 20.3 Å². The largest absolute Gasteiger partial charge is 0.492 e. The molecule has 4 rings (SSSR count). The molecule has 1 saturated carbocycles. The van der Waals surface area contributed by atoms with Crippen LogP contribution in [0.2, 0.25) is 0 Å². The van der Waals surface area contributed by atoms with Crippen molar-refractivity contribution in [1.82, 2.24) is 15.3 Å². The van der Waals surface area contributed by atoms with E-state index in [0.29, 0.717) is 12.6 Å². The normalized spacial score (nSPS) is 13.8. The molecule has 0 saturated heterocycles. The van der Waals surface area contributed by atoms with Crippen molar-refractivity contribution in [2.45, 2.75) is 51.6 Å². The zero-order valence-electron chi connectivity index (χ0n) is 20.5. The quantitative estimate of drug-likeness (QED) is 0.316. The van der Waals surface area contributed by atoms with Gasteiger partial charge in [0.15, 0.2) is 0 Å². The molecule has 0 radical (unpaired) electrons. The number of hydrogen-bond donors (Lipinski definition) is 2. The lowest BCUT2D eigenvalue weighted by atomic mass is 9.96. The third-order valence-electron chi connectivity index (χ3n) is 5.69. The number of fused-ring (bicyclic) bond motifs is 1. The van der Waals surface area contributed by atoms with Gasteiger partial charge in [-0.2, -0.15) is 4.98 Å². The van der Waals surface area contributed by atoms with Crippen LogP contribution in [0.1, 0.15) is 44.6 Å². The Kier molecular flexibility index (Phi) is 10.4. The summed E-state index contributed by atoms with van der Waals surface area (Å²) >= 11 is 6.94. The number of nitrogens with zero attached hydrogens (tertiary/aromatic N) is 3. The van der Waals surface area contributed by atoms with Crippen molar-refractivity contribution in [3.63, 3.8) is 0 Å². The van der Waals surface area contributed by atoms with Crippen molar-refractivity contribution < 1.29 is 4.74 Å². The number of aromatic nitrogens is 2. The Balaban J connectivity index is 0.000000204. The van der Waals surface area contributed by atoms with E-state index >= 15 is 0 Å². The van der Waals surface area contributed by atoms with Gasteiger partial charge < -0.3 is 20.3 Å². The summed E-state index contributed by atoms with van der Waals surface area (Å²) < 4.78 is 7.61. The molecule has 0 bridgehead atoms. The number of halogens is 2. The van der Waals surface area contributed by atoms with Gasteiger partial charge in [0.2, 0.25) is 5.95 Å². The zero-order valence-corrected chi connectivity index (χ0v) is 23.7. The average Bonchev–Trinajstić information content (AvgIpc) is 2.82. The van der Waals surface area contributed by atoms with Gasteiger partial charge in [-0.3, -0.25) is 0 Å². The summed E-state index contributed by atoms with van der Waals surface area (Å²) in [5.41, 5.74) is 2.15. The standard InChI is InChI=1S/C16H22N4.C10H13Br2NO/c1-20(2)15-13-10-6-7-11-14(13)18-16(19-15)17-12-8-4-3-5-9-12;1-3-14-10-7(6-13-2)4-8(11)5-9(10)12/h6-7,10-12H,3-5,8-9H2,1-2H3,(H,17,18,19);4-5,13H,3,6H2,1-2H3. The second kappa shape index (κ2) is 13.3. The minimum Gasteiger partial charge on any atom is -0.492 e. The number of nitrogens with one attached hydrogen (secondary N) is 2. The number of anilines is 2. The fourth-order valence-electron chi connectivity index (χ4n) is 4.14. The van der Waals surface area contributed by atoms with E-state index in [4.69, 9.17) is 9.72 Å². The van der Waals surface area contributed by atoms with Gasteiger partial charge in [-0.15, -0.1) is 0 Å². The molecule has 1 aromatic heterocycles. The highest BCUT2D eigenvalue weighted by Crippen LogP contribution is 2.33. The summed E-state index contributed by atoms with van der Waals surface area (Å²) in [6.45, 7) is 3.46. The Bertz CT molecular complexity index is 1070. The predicted molar refractivity (Wildman–Crippen MR) is 150 cm³/mol. The molecule has 0 atom stereocenters. The first-order valence-corrected chi connectivity index (χ1v) is 13.5. The number of ether oxygens (including phenoxy) is 1. The Morgan fingerprint density at radius 3 is 2.47 bits per heavy atom. The SMILES string of the molecule is CCOc1c(Br)cc(Br)cc1CNC.CN(C)c1nc(NC2CCCCC2)nc2ccccc12. The van der Waals surface area contributed by atoms with Crippen molar-refractivity contribution in [2.75, 3.05) is 38.0 Å². The summed E-state index contributed by atoms with van der Waals surface area (Å²) in [5.74, 6) is 2.67. The second-order valence-electron chi connectivity index (χ2n) is 8.60.